The third-order valence-corrected chi connectivity index (χ3v) is 2.83. The normalized spacial score (nSPS) is 18.6. The van der Waals surface area contributed by atoms with Gasteiger partial charge in [0.15, 0.2) is 5.78 Å². The van der Waals surface area contributed by atoms with E-state index in [1.54, 1.807) is 13.0 Å². The lowest BCUT2D eigenvalue weighted by Gasteiger charge is -2.06. The molecule has 0 aromatic rings. The summed E-state index contributed by atoms with van der Waals surface area (Å²) < 4.78 is 0. The van der Waals surface area contributed by atoms with Crippen molar-refractivity contribution >= 4 is 11.5 Å². The number of ketones is 1. The molecule has 0 bridgehead atoms. The number of carbonyl (C=O) groups excluding carboxylic acids is 1. The molecule has 0 radical (unpaired) electrons. The van der Waals surface area contributed by atoms with Crippen LogP contribution in [0.15, 0.2) is 59.3 Å². The largest absolute Gasteiger partial charge is 0.300 e. The molecule has 1 aliphatic carbocycles. The van der Waals surface area contributed by atoms with Crippen LogP contribution >= 0.6 is 0 Å². The van der Waals surface area contributed by atoms with Crippen LogP contribution in [0.2, 0.25) is 0 Å². The highest BCUT2D eigenvalue weighted by atomic mass is 16.1. The fraction of sp³-hybridized carbons (Fsp3) is 0.250. The first-order valence-electron chi connectivity index (χ1n) is 6.09. The smallest absolute Gasteiger partial charge is 0.155 e. The summed E-state index contributed by atoms with van der Waals surface area (Å²) in [5.74, 6) is 0.112. The van der Waals surface area contributed by atoms with Crippen molar-refractivity contribution in [3.63, 3.8) is 0 Å². The Labute approximate surface area is 109 Å². The second kappa shape index (κ2) is 6.70. The lowest BCUT2D eigenvalue weighted by molar-refractivity contribution is -0.113. The molecule has 0 aromatic heterocycles. The zero-order valence-electron chi connectivity index (χ0n) is 11.2. The summed E-state index contributed by atoms with van der Waals surface area (Å²) in [7, 11) is 0. The van der Waals surface area contributed by atoms with Crippen molar-refractivity contribution < 1.29 is 4.79 Å². The van der Waals surface area contributed by atoms with Crippen molar-refractivity contribution in [1.29, 1.82) is 5.41 Å². The van der Waals surface area contributed by atoms with E-state index in [1.807, 2.05) is 50.3 Å². The van der Waals surface area contributed by atoms with Gasteiger partial charge in [0.2, 0.25) is 0 Å². The summed E-state index contributed by atoms with van der Waals surface area (Å²) in [6.07, 6.45) is 13.9. The summed E-state index contributed by atoms with van der Waals surface area (Å²) in [5, 5.41) is 7.80. The molecule has 0 amide bonds. The first-order chi connectivity index (χ1) is 8.56. The molecule has 1 rings (SSSR count). The highest BCUT2D eigenvalue weighted by Gasteiger charge is 2.03. The molecule has 0 aliphatic heterocycles. The van der Waals surface area contributed by atoms with Crippen LogP contribution in [0.25, 0.3) is 0 Å². The molecule has 18 heavy (non-hydrogen) atoms. The molecule has 2 heteroatoms. The zero-order valence-corrected chi connectivity index (χ0v) is 11.2. The molecule has 0 heterocycles. The van der Waals surface area contributed by atoms with Gasteiger partial charge >= 0.3 is 0 Å². The second-order valence-corrected chi connectivity index (χ2v) is 4.19. The third-order valence-electron chi connectivity index (χ3n) is 2.83. The van der Waals surface area contributed by atoms with Crippen LogP contribution in [-0.2, 0) is 4.79 Å². The van der Waals surface area contributed by atoms with Crippen molar-refractivity contribution in [2.24, 2.45) is 0 Å². The van der Waals surface area contributed by atoms with Gasteiger partial charge in [-0.25, -0.2) is 0 Å². The van der Waals surface area contributed by atoms with Gasteiger partial charge in [-0.3, -0.25) is 4.79 Å². The zero-order chi connectivity index (χ0) is 13.5. The Morgan fingerprint density at radius 2 is 1.94 bits per heavy atom. The number of rotatable bonds is 4. The standard InChI is InChI=1S/C16H19NO/c1-4-14(13(3)18)9-7-8-12(2)15-10-5-6-11-16(15)17/h5-11,17H,4H2,1-3H3/b8-7-,14-9+,15-12+,17-16?. The summed E-state index contributed by atoms with van der Waals surface area (Å²) in [5.41, 5.74) is 3.28. The third kappa shape index (κ3) is 3.81. The fourth-order valence-electron chi connectivity index (χ4n) is 1.71. The van der Waals surface area contributed by atoms with Crippen molar-refractivity contribution in [1.82, 2.24) is 0 Å². The first-order valence-corrected chi connectivity index (χ1v) is 6.09. The summed E-state index contributed by atoms with van der Waals surface area (Å²) in [6, 6.07) is 0. The van der Waals surface area contributed by atoms with Gasteiger partial charge in [-0.05, 0) is 37.5 Å². The van der Waals surface area contributed by atoms with E-state index < -0.39 is 0 Å². The van der Waals surface area contributed by atoms with Gasteiger partial charge in [-0.1, -0.05) is 43.4 Å². The molecule has 2 nitrogen and oxygen atoms in total. The molecular formula is C16H19NO. The lowest BCUT2D eigenvalue weighted by atomic mass is 10.00. The molecule has 0 unspecified atom stereocenters. The molecule has 0 spiro atoms. The minimum Gasteiger partial charge on any atom is -0.300 e. The highest BCUT2D eigenvalue weighted by molar-refractivity contribution is 6.10. The number of carbonyl (C=O) groups is 1. The summed E-state index contributed by atoms with van der Waals surface area (Å²) in [6.45, 7) is 5.52. The monoisotopic (exact) mass is 241 g/mol. The Morgan fingerprint density at radius 1 is 1.28 bits per heavy atom. The van der Waals surface area contributed by atoms with Gasteiger partial charge in [0.05, 0.1) is 5.71 Å². The molecule has 0 saturated carbocycles. The number of hydrogen-bond donors (Lipinski definition) is 1. The first kappa shape index (κ1) is 14.1. The van der Waals surface area contributed by atoms with Gasteiger partial charge < -0.3 is 5.41 Å². The van der Waals surface area contributed by atoms with Crippen LogP contribution in [0.1, 0.15) is 27.2 Å². The Hall–Kier alpha value is -1.96. The molecule has 1 aliphatic rings. The van der Waals surface area contributed by atoms with Gasteiger partial charge in [0.1, 0.15) is 0 Å². The average Bonchev–Trinajstić information content (AvgIpc) is 2.34. The average molecular weight is 241 g/mol. The van der Waals surface area contributed by atoms with E-state index >= 15 is 0 Å². The van der Waals surface area contributed by atoms with Gasteiger partial charge in [0.25, 0.3) is 0 Å². The maximum Gasteiger partial charge on any atom is 0.155 e. The molecule has 94 valence electrons. The number of Topliss-reactive ketones (excluding diaryl/α,β-unsaturated/α-hetero) is 1. The molecule has 0 aromatic carbocycles. The second-order valence-electron chi connectivity index (χ2n) is 4.19. The fourth-order valence-corrected chi connectivity index (χ4v) is 1.71. The van der Waals surface area contributed by atoms with Crippen LogP contribution in [0.4, 0.5) is 0 Å². The SMILES string of the molecule is CC\C(=C/C=C\C(C)=C1/C=CC=CC1=N)C(C)=O. The number of allylic oxidation sites excluding steroid dienone is 10. The van der Waals surface area contributed by atoms with Crippen LogP contribution in [0.5, 0.6) is 0 Å². The Morgan fingerprint density at radius 3 is 2.50 bits per heavy atom. The van der Waals surface area contributed by atoms with Crippen molar-refractivity contribution in [2.45, 2.75) is 27.2 Å². The summed E-state index contributed by atoms with van der Waals surface area (Å²) in [4.78, 5) is 11.2. The topological polar surface area (TPSA) is 40.9 Å². The van der Waals surface area contributed by atoms with Crippen LogP contribution < -0.4 is 0 Å². The van der Waals surface area contributed by atoms with E-state index in [0.717, 1.165) is 23.1 Å². The highest BCUT2D eigenvalue weighted by Crippen LogP contribution is 2.14. The quantitative estimate of drug-likeness (QED) is 0.588. The molecular weight excluding hydrogens is 222 g/mol. The van der Waals surface area contributed by atoms with Crippen LogP contribution in [-0.4, -0.2) is 11.5 Å². The Kier molecular flexibility index (Phi) is 5.25. The van der Waals surface area contributed by atoms with E-state index in [4.69, 9.17) is 5.41 Å². The van der Waals surface area contributed by atoms with Crippen molar-refractivity contribution in [2.75, 3.05) is 0 Å². The van der Waals surface area contributed by atoms with Gasteiger partial charge in [-0.15, -0.1) is 0 Å². The summed E-state index contributed by atoms with van der Waals surface area (Å²) >= 11 is 0. The van der Waals surface area contributed by atoms with Gasteiger partial charge in [-0.2, -0.15) is 0 Å². The van der Waals surface area contributed by atoms with Crippen LogP contribution in [0, 0.1) is 5.41 Å². The Balaban J connectivity index is 2.88. The van der Waals surface area contributed by atoms with E-state index in [1.165, 1.54) is 0 Å². The minimum absolute atomic E-state index is 0.112. The minimum atomic E-state index is 0.112. The van der Waals surface area contributed by atoms with E-state index in [2.05, 4.69) is 0 Å². The Bertz CT molecular complexity index is 499. The maximum atomic E-state index is 11.2. The molecule has 1 N–H and O–H groups in total. The predicted molar refractivity (Wildman–Crippen MR) is 76.9 cm³/mol. The van der Waals surface area contributed by atoms with E-state index in [0.29, 0.717) is 5.71 Å². The number of hydrogen-bond acceptors (Lipinski definition) is 2. The predicted octanol–water partition coefficient (Wildman–Crippen LogP) is 3.93. The maximum absolute atomic E-state index is 11.2. The molecule has 0 fully saturated rings. The van der Waals surface area contributed by atoms with E-state index in [-0.39, 0.29) is 5.78 Å². The van der Waals surface area contributed by atoms with Gasteiger partial charge in [0, 0.05) is 5.57 Å². The number of nitrogens with one attached hydrogen (secondary N) is 1. The van der Waals surface area contributed by atoms with Crippen LogP contribution in [0.3, 0.4) is 0 Å². The lowest BCUT2D eigenvalue weighted by Crippen LogP contribution is -1.99. The van der Waals surface area contributed by atoms with Crippen molar-refractivity contribution in [3.8, 4) is 0 Å². The van der Waals surface area contributed by atoms with E-state index in [9.17, 15) is 4.79 Å². The molecule has 0 atom stereocenters. The van der Waals surface area contributed by atoms with Crippen molar-refractivity contribution in [3.05, 3.63) is 59.3 Å². The molecule has 0 saturated heterocycles.